The number of carboxylic acids is 1. The van der Waals surface area contributed by atoms with Crippen LogP contribution in [-0.2, 0) is 11.4 Å². The Morgan fingerprint density at radius 3 is 2.68 bits per heavy atom. The van der Waals surface area contributed by atoms with Crippen LogP contribution in [0.25, 0.3) is 6.08 Å². The van der Waals surface area contributed by atoms with Crippen LogP contribution in [0.5, 0.6) is 11.5 Å². The molecule has 5 heteroatoms. The number of methoxy groups -OCH3 is 1. The highest BCUT2D eigenvalue weighted by Gasteiger charge is 2.07. The summed E-state index contributed by atoms with van der Waals surface area (Å²) in [5.74, 6) is -0.455. The first-order valence-corrected chi connectivity index (χ1v) is 6.55. The lowest BCUT2D eigenvalue weighted by atomic mass is 10.2. The largest absolute Gasteiger partial charge is 0.493 e. The molecule has 114 valence electrons. The molecule has 2 rings (SSSR count). The van der Waals surface area contributed by atoms with Gasteiger partial charge in [-0.15, -0.1) is 0 Å². The number of hydrogen-bond acceptors (Lipinski definition) is 3. The predicted molar refractivity (Wildman–Crippen MR) is 80.4 cm³/mol. The molecule has 0 fully saturated rings. The van der Waals surface area contributed by atoms with Crippen LogP contribution < -0.4 is 9.47 Å². The molecule has 0 aromatic heterocycles. The molecule has 0 heterocycles. The summed E-state index contributed by atoms with van der Waals surface area (Å²) in [6.45, 7) is 0.0767. The van der Waals surface area contributed by atoms with Gasteiger partial charge in [-0.3, -0.25) is 0 Å². The molecule has 0 saturated heterocycles. The van der Waals surface area contributed by atoms with Crippen molar-refractivity contribution in [2.45, 2.75) is 6.61 Å². The molecule has 0 saturated carbocycles. The fourth-order valence-electron chi connectivity index (χ4n) is 1.85. The highest BCUT2D eigenvalue weighted by molar-refractivity contribution is 5.85. The number of rotatable bonds is 6. The Balaban J connectivity index is 2.14. The number of aliphatic carboxylic acids is 1. The molecule has 22 heavy (non-hydrogen) atoms. The van der Waals surface area contributed by atoms with Crippen LogP contribution in [0.1, 0.15) is 11.1 Å². The molecule has 1 N–H and O–H groups in total. The third-order valence-corrected chi connectivity index (χ3v) is 2.95. The van der Waals surface area contributed by atoms with E-state index in [-0.39, 0.29) is 12.4 Å². The van der Waals surface area contributed by atoms with E-state index >= 15 is 0 Å². The van der Waals surface area contributed by atoms with Crippen molar-refractivity contribution in [1.29, 1.82) is 0 Å². The van der Waals surface area contributed by atoms with Gasteiger partial charge in [0.25, 0.3) is 0 Å². The minimum absolute atomic E-state index is 0.0767. The first kappa shape index (κ1) is 15.6. The van der Waals surface area contributed by atoms with Gasteiger partial charge < -0.3 is 14.6 Å². The van der Waals surface area contributed by atoms with Gasteiger partial charge >= 0.3 is 5.97 Å². The number of halogens is 1. The summed E-state index contributed by atoms with van der Waals surface area (Å²) in [5, 5.41) is 8.61. The van der Waals surface area contributed by atoms with Crippen molar-refractivity contribution in [3.63, 3.8) is 0 Å². The lowest BCUT2D eigenvalue weighted by Crippen LogP contribution is -2.00. The maximum absolute atomic E-state index is 13.5. The van der Waals surface area contributed by atoms with Crippen molar-refractivity contribution < 1.29 is 23.8 Å². The van der Waals surface area contributed by atoms with E-state index in [0.29, 0.717) is 22.6 Å². The Morgan fingerprint density at radius 2 is 2.00 bits per heavy atom. The monoisotopic (exact) mass is 302 g/mol. The lowest BCUT2D eigenvalue weighted by Gasteiger charge is -2.11. The maximum atomic E-state index is 13.5. The number of ether oxygens (including phenoxy) is 2. The van der Waals surface area contributed by atoms with Crippen LogP contribution in [0.4, 0.5) is 4.39 Å². The minimum Gasteiger partial charge on any atom is -0.493 e. The molecular weight excluding hydrogens is 287 g/mol. The third-order valence-electron chi connectivity index (χ3n) is 2.95. The number of carbonyl (C=O) groups is 1. The quantitative estimate of drug-likeness (QED) is 0.830. The summed E-state index contributed by atoms with van der Waals surface area (Å²) in [6.07, 6.45) is 2.49. The van der Waals surface area contributed by atoms with Gasteiger partial charge in [0, 0.05) is 11.6 Å². The van der Waals surface area contributed by atoms with Gasteiger partial charge in [0.05, 0.1) is 7.11 Å². The molecule has 0 aliphatic heterocycles. The minimum atomic E-state index is -1.03. The first-order valence-electron chi connectivity index (χ1n) is 6.55. The Morgan fingerprint density at radius 1 is 1.23 bits per heavy atom. The van der Waals surface area contributed by atoms with Gasteiger partial charge in [-0.25, -0.2) is 9.18 Å². The summed E-state index contributed by atoms with van der Waals surface area (Å²) in [7, 11) is 1.48. The van der Waals surface area contributed by atoms with E-state index in [1.807, 2.05) is 0 Å². The average Bonchev–Trinajstić information content (AvgIpc) is 2.52. The van der Waals surface area contributed by atoms with E-state index in [4.69, 9.17) is 14.6 Å². The molecule has 0 unspecified atom stereocenters. The summed E-state index contributed by atoms with van der Waals surface area (Å²) in [4.78, 5) is 10.5. The van der Waals surface area contributed by atoms with Gasteiger partial charge in [-0.2, -0.15) is 0 Å². The smallest absolute Gasteiger partial charge is 0.328 e. The third kappa shape index (κ3) is 4.09. The van der Waals surface area contributed by atoms with Crippen LogP contribution in [0, 0.1) is 5.82 Å². The van der Waals surface area contributed by atoms with Crippen LogP contribution in [0.15, 0.2) is 48.5 Å². The van der Waals surface area contributed by atoms with Crippen molar-refractivity contribution in [3.05, 3.63) is 65.5 Å². The van der Waals surface area contributed by atoms with E-state index < -0.39 is 5.97 Å². The molecule has 0 aliphatic carbocycles. The van der Waals surface area contributed by atoms with E-state index in [1.54, 1.807) is 36.4 Å². The second kappa shape index (κ2) is 7.26. The second-order valence-corrected chi connectivity index (χ2v) is 4.46. The molecule has 4 nitrogen and oxygen atoms in total. The molecular formula is C17H15FO4. The van der Waals surface area contributed by atoms with E-state index in [9.17, 15) is 9.18 Å². The normalized spacial score (nSPS) is 10.6. The summed E-state index contributed by atoms with van der Waals surface area (Å²) >= 11 is 0. The molecule has 0 atom stereocenters. The summed E-state index contributed by atoms with van der Waals surface area (Å²) in [6, 6.07) is 11.4. The van der Waals surface area contributed by atoms with Crippen molar-refractivity contribution in [2.75, 3.05) is 7.11 Å². The Kier molecular flexibility index (Phi) is 5.14. The van der Waals surface area contributed by atoms with Crippen LogP contribution in [0.3, 0.4) is 0 Å². The highest BCUT2D eigenvalue weighted by Crippen LogP contribution is 2.29. The predicted octanol–water partition coefficient (Wildman–Crippen LogP) is 3.51. The molecule has 2 aromatic rings. The Bertz CT molecular complexity index is 695. The van der Waals surface area contributed by atoms with E-state index in [1.165, 1.54) is 19.3 Å². The second-order valence-electron chi connectivity index (χ2n) is 4.46. The van der Waals surface area contributed by atoms with Gasteiger partial charge in [0.1, 0.15) is 12.4 Å². The molecule has 0 amide bonds. The molecule has 0 radical (unpaired) electrons. The van der Waals surface area contributed by atoms with Crippen LogP contribution >= 0.6 is 0 Å². The van der Waals surface area contributed by atoms with E-state index in [0.717, 1.165) is 6.08 Å². The van der Waals surface area contributed by atoms with Gasteiger partial charge in [-0.1, -0.05) is 24.3 Å². The SMILES string of the molecule is COc1cc(C=CC(=O)O)ccc1OCc1ccccc1F. The highest BCUT2D eigenvalue weighted by atomic mass is 19.1. The zero-order chi connectivity index (χ0) is 15.9. The fourth-order valence-corrected chi connectivity index (χ4v) is 1.85. The average molecular weight is 302 g/mol. The number of hydrogen-bond donors (Lipinski definition) is 1. The molecule has 0 aliphatic rings. The fraction of sp³-hybridized carbons (Fsp3) is 0.118. The van der Waals surface area contributed by atoms with E-state index in [2.05, 4.69) is 0 Å². The zero-order valence-electron chi connectivity index (χ0n) is 12.0. The molecule has 0 bridgehead atoms. The standard InChI is InChI=1S/C17H15FO4/c1-21-16-10-12(7-9-17(19)20)6-8-15(16)22-11-13-4-2-3-5-14(13)18/h2-10H,11H2,1H3,(H,19,20). The first-order chi connectivity index (χ1) is 10.6. The van der Waals surface area contributed by atoms with Gasteiger partial charge in [0.2, 0.25) is 0 Å². The molecule has 0 spiro atoms. The topological polar surface area (TPSA) is 55.8 Å². The maximum Gasteiger partial charge on any atom is 0.328 e. The van der Waals surface area contributed by atoms with Gasteiger partial charge in [-0.05, 0) is 29.8 Å². The van der Waals surface area contributed by atoms with Crippen molar-refractivity contribution in [3.8, 4) is 11.5 Å². The zero-order valence-corrected chi connectivity index (χ0v) is 12.0. The van der Waals surface area contributed by atoms with Crippen molar-refractivity contribution in [2.24, 2.45) is 0 Å². The molecule has 2 aromatic carbocycles. The lowest BCUT2D eigenvalue weighted by molar-refractivity contribution is -0.131. The van der Waals surface area contributed by atoms with Crippen molar-refractivity contribution in [1.82, 2.24) is 0 Å². The Hall–Kier alpha value is -2.82. The summed E-state index contributed by atoms with van der Waals surface area (Å²) in [5.41, 5.74) is 1.11. The van der Waals surface area contributed by atoms with Crippen LogP contribution in [0.2, 0.25) is 0 Å². The van der Waals surface area contributed by atoms with Gasteiger partial charge in [0.15, 0.2) is 11.5 Å². The van der Waals surface area contributed by atoms with Crippen LogP contribution in [-0.4, -0.2) is 18.2 Å². The summed E-state index contributed by atoms with van der Waals surface area (Å²) < 4.78 is 24.3. The van der Waals surface area contributed by atoms with Crippen molar-refractivity contribution >= 4 is 12.0 Å². The Labute approximate surface area is 127 Å². The number of carboxylic acid groups (broad SMARTS) is 1. The number of benzene rings is 2.